The first-order valence-electron chi connectivity index (χ1n) is 4.24. The molecule has 0 rings (SSSR count). The fourth-order valence-electron chi connectivity index (χ4n) is 0.857. The third-order valence-corrected chi connectivity index (χ3v) is 1.98. The van der Waals surface area contributed by atoms with Crippen molar-refractivity contribution in [1.29, 1.82) is 0 Å². The molecule has 62 valence electrons. The van der Waals surface area contributed by atoms with Crippen LogP contribution in [0.4, 0.5) is 0 Å². The Morgan fingerprint density at radius 1 is 1.30 bits per heavy atom. The largest absolute Gasteiger partial charge is 0.327 e. The summed E-state index contributed by atoms with van der Waals surface area (Å²) >= 11 is 0. The first-order valence-corrected chi connectivity index (χ1v) is 4.24. The van der Waals surface area contributed by atoms with Gasteiger partial charge in [-0.25, -0.2) is 0 Å². The lowest BCUT2D eigenvalue weighted by Crippen LogP contribution is -2.34. The average Bonchev–Trinajstić information content (AvgIpc) is 1.80. The minimum Gasteiger partial charge on any atom is -0.327 e. The van der Waals surface area contributed by atoms with Crippen molar-refractivity contribution in [3.05, 3.63) is 0 Å². The average molecular weight is 143 g/mol. The highest BCUT2D eigenvalue weighted by Gasteiger charge is 2.19. The minimum atomic E-state index is 0.287. The Kier molecular flexibility index (Phi) is 3.95. The molecule has 0 saturated heterocycles. The predicted octanol–water partition coefficient (Wildman–Crippen LogP) is 2.55. The van der Waals surface area contributed by atoms with Crippen molar-refractivity contribution < 1.29 is 0 Å². The van der Waals surface area contributed by atoms with Gasteiger partial charge in [0.1, 0.15) is 0 Å². The maximum Gasteiger partial charge on any atom is 0.00876 e. The standard InChI is InChI=1S/C9H21N/c1-5-6-7-8(10)9(2,3)4/h8H,5-7,10H2,1-4H3/t8-/m0/s1. The lowest BCUT2D eigenvalue weighted by atomic mass is 9.84. The first kappa shape index (κ1) is 9.96. The summed E-state index contributed by atoms with van der Waals surface area (Å²) in [6.07, 6.45) is 3.68. The van der Waals surface area contributed by atoms with Crippen LogP contribution >= 0.6 is 0 Å². The molecule has 0 amide bonds. The van der Waals surface area contributed by atoms with E-state index in [9.17, 15) is 0 Å². The maximum atomic E-state index is 5.94. The molecular weight excluding hydrogens is 122 g/mol. The summed E-state index contributed by atoms with van der Waals surface area (Å²) in [5.74, 6) is 0. The molecule has 0 aliphatic carbocycles. The van der Waals surface area contributed by atoms with Crippen LogP contribution in [0.3, 0.4) is 0 Å². The molecule has 0 aromatic heterocycles. The molecule has 1 nitrogen and oxygen atoms in total. The lowest BCUT2D eigenvalue weighted by Gasteiger charge is -2.26. The van der Waals surface area contributed by atoms with Gasteiger partial charge in [0.15, 0.2) is 0 Å². The van der Waals surface area contributed by atoms with Crippen molar-refractivity contribution >= 4 is 0 Å². The smallest absolute Gasteiger partial charge is 0.00876 e. The van der Waals surface area contributed by atoms with Gasteiger partial charge in [-0.3, -0.25) is 0 Å². The molecule has 0 fully saturated rings. The van der Waals surface area contributed by atoms with Crippen LogP contribution in [-0.4, -0.2) is 6.04 Å². The van der Waals surface area contributed by atoms with E-state index in [1.807, 2.05) is 0 Å². The van der Waals surface area contributed by atoms with Gasteiger partial charge in [-0.1, -0.05) is 40.5 Å². The third kappa shape index (κ3) is 3.89. The summed E-state index contributed by atoms with van der Waals surface area (Å²) in [6.45, 7) is 8.81. The van der Waals surface area contributed by atoms with Crippen LogP contribution in [-0.2, 0) is 0 Å². The van der Waals surface area contributed by atoms with Gasteiger partial charge in [0, 0.05) is 6.04 Å². The molecule has 0 radical (unpaired) electrons. The molecular formula is C9H21N. The van der Waals surface area contributed by atoms with Gasteiger partial charge in [-0.15, -0.1) is 0 Å². The van der Waals surface area contributed by atoms with E-state index >= 15 is 0 Å². The zero-order valence-electron chi connectivity index (χ0n) is 7.78. The topological polar surface area (TPSA) is 26.0 Å². The first-order chi connectivity index (χ1) is 4.48. The van der Waals surface area contributed by atoms with Crippen LogP contribution < -0.4 is 5.73 Å². The number of rotatable bonds is 3. The fourth-order valence-corrected chi connectivity index (χ4v) is 0.857. The molecule has 0 aliphatic rings. The van der Waals surface area contributed by atoms with Crippen LogP contribution in [0.5, 0.6) is 0 Å². The molecule has 0 aromatic rings. The van der Waals surface area contributed by atoms with Crippen molar-refractivity contribution in [2.75, 3.05) is 0 Å². The zero-order chi connectivity index (χ0) is 8.20. The summed E-state index contributed by atoms with van der Waals surface area (Å²) in [7, 11) is 0. The highest BCUT2D eigenvalue weighted by atomic mass is 14.7. The Morgan fingerprint density at radius 3 is 2.10 bits per heavy atom. The Labute approximate surface area is 65.0 Å². The molecule has 0 heterocycles. The van der Waals surface area contributed by atoms with E-state index in [0.717, 1.165) is 0 Å². The van der Waals surface area contributed by atoms with E-state index in [1.165, 1.54) is 19.3 Å². The highest BCUT2D eigenvalue weighted by molar-refractivity contribution is 4.76. The van der Waals surface area contributed by atoms with E-state index in [1.54, 1.807) is 0 Å². The van der Waals surface area contributed by atoms with Crippen molar-refractivity contribution in [2.45, 2.75) is 53.0 Å². The molecule has 0 saturated carbocycles. The van der Waals surface area contributed by atoms with Crippen LogP contribution in [0.15, 0.2) is 0 Å². The Bertz CT molecular complexity index is 81.2. The second-order valence-corrected chi connectivity index (χ2v) is 4.11. The second-order valence-electron chi connectivity index (χ2n) is 4.11. The van der Waals surface area contributed by atoms with Crippen molar-refractivity contribution in [3.8, 4) is 0 Å². The molecule has 0 aromatic carbocycles. The number of hydrogen-bond donors (Lipinski definition) is 1. The van der Waals surface area contributed by atoms with E-state index in [0.29, 0.717) is 6.04 Å². The normalized spacial score (nSPS) is 15.3. The van der Waals surface area contributed by atoms with E-state index in [4.69, 9.17) is 5.73 Å². The Hall–Kier alpha value is -0.0400. The molecule has 0 spiro atoms. The second kappa shape index (κ2) is 3.97. The maximum absolute atomic E-state index is 5.94. The summed E-state index contributed by atoms with van der Waals surface area (Å²) in [4.78, 5) is 0. The van der Waals surface area contributed by atoms with Gasteiger partial charge in [-0.05, 0) is 11.8 Å². The predicted molar refractivity (Wildman–Crippen MR) is 47.0 cm³/mol. The van der Waals surface area contributed by atoms with Gasteiger partial charge >= 0.3 is 0 Å². The van der Waals surface area contributed by atoms with Gasteiger partial charge in [0.05, 0.1) is 0 Å². The summed E-state index contributed by atoms with van der Waals surface area (Å²) in [5, 5.41) is 0. The van der Waals surface area contributed by atoms with E-state index < -0.39 is 0 Å². The summed E-state index contributed by atoms with van der Waals surface area (Å²) in [6, 6.07) is 0.368. The SMILES string of the molecule is CCCC[C@H](N)C(C)(C)C. The minimum absolute atomic E-state index is 0.287. The van der Waals surface area contributed by atoms with E-state index in [2.05, 4.69) is 27.7 Å². The molecule has 0 aliphatic heterocycles. The Morgan fingerprint density at radius 2 is 1.80 bits per heavy atom. The zero-order valence-corrected chi connectivity index (χ0v) is 7.78. The third-order valence-electron chi connectivity index (χ3n) is 1.98. The van der Waals surface area contributed by atoms with Crippen molar-refractivity contribution in [2.24, 2.45) is 11.1 Å². The van der Waals surface area contributed by atoms with Crippen LogP contribution in [0.2, 0.25) is 0 Å². The van der Waals surface area contributed by atoms with Gasteiger partial charge in [0.2, 0.25) is 0 Å². The summed E-state index contributed by atoms with van der Waals surface area (Å²) in [5.41, 5.74) is 6.22. The van der Waals surface area contributed by atoms with Crippen molar-refractivity contribution in [1.82, 2.24) is 0 Å². The van der Waals surface area contributed by atoms with Gasteiger partial charge < -0.3 is 5.73 Å². The fraction of sp³-hybridized carbons (Fsp3) is 1.00. The highest BCUT2D eigenvalue weighted by Crippen LogP contribution is 2.20. The monoisotopic (exact) mass is 143 g/mol. The quantitative estimate of drug-likeness (QED) is 0.645. The number of hydrogen-bond acceptors (Lipinski definition) is 1. The molecule has 0 bridgehead atoms. The van der Waals surface area contributed by atoms with Crippen LogP contribution in [0.25, 0.3) is 0 Å². The summed E-state index contributed by atoms with van der Waals surface area (Å²) < 4.78 is 0. The van der Waals surface area contributed by atoms with Crippen LogP contribution in [0.1, 0.15) is 47.0 Å². The number of unbranched alkanes of at least 4 members (excludes halogenated alkanes) is 1. The van der Waals surface area contributed by atoms with Gasteiger partial charge in [-0.2, -0.15) is 0 Å². The molecule has 0 unspecified atom stereocenters. The molecule has 1 heteroatoms. The van der Waals surface area contributed by atoms with Crippen LogP contribution in [0, 0.1) is 5.41 Å². The molecule has 2 N–H and O–H groups in total. The Balaban J connectivity index is 3.52. The molecule has 1 atom stereocenters. The van der Waals surface area contributed by atoms with E-state index in [-0.39, 0.29) is 5.41 Å². The van der Waals surface area contributed by atoms with Crippen molar-refractivity contribution in [3.63, 3.8) is 0 Å². The van der Waals surface area contributed by atoms with Gasteiger partial charge in [0.25, 0.3) is 0 Å². The lowest BCUT2D eigenvalue weighted by molar-refractivity contribution is 0.300. The number of nitrogens with two attached hydrogens (primary N) is 1. The molecule has 10 heavy (non-hydrogen) atoms.